The summed E-state index contributed by atoms with van der Waals surface area (Å²) in [7, 11) is 0. The van der Waals surface area contributed by atoms with Gasteiger partial charge in [0.05, 0.1) is 0 Å². The number of nitrogens with one attached hydrogen (secondary N) is 1. The van der Waals surface area contributed by atoms with Crippen molar-refractivity contribution in [2.24, 2.45) is 23.2 Å². The number of hydrogen-bond acceptors (Lipinski definition) is 2. The molecule has 4 aliphatic rings. The summed E-state index contributed by atoms with van der Waals surface area (Å²) in [6.45, 7) is 3.22. The van der Waals surface area contributed by atoms with Crippen LogP contribution in [-0.2, 0) is 13.0 Å². The Bertz CT molecular complexity index is 521. The molecule has 110 valence electrons. The highest BCUT2D eigenvalue weighted by Gasteiger charge is 2.51. The third-order valence-electron chi connectivity index (χ3n) is 5.98. The van der Waals surface area contributed by atoms with Gasteiger partial charge in [-0.2, -0.15) is 5.10 Å². The van der Waals surface area contributed by atoms with Gasteiger partial charge in [0.1, 0.15) is 5.82 Å². The van der Waals surface area contributed by atoms with E-state index in [2.05, 4.69) is 21.7 Å². The molecule has 0 spiro atoms. The topological polar surface area (TPSA) is 33.6 Å². The Labute approximate surface area is 126 Å². The molecule has 1 N–H and O–H groups in total. The quantitative estimate of drug-likeness (QED) is 0.847. The van der Waals surface area contributed by atoms with Gasteiger partial charge in [0, 0.05) is 13.0 Å². The van der Waals surface area contributed by atoms with Gasteiger partial charge in [0.25, 0.3) is 0 Å². The lowest BCUT2D eigenvalue weighted by Crippen LogP contribution is -2.47. The minimum absolute atomic E-state index is 0.557. The van der Waals surface area contributed by atoms with Crippen molar-refractivity contribution < 1.29 is 0 Å². The lowest BCUT2D eigenvalue weighted by molar-refractivity contribution is -0.0536. The van der Waals surface area contributed by atoms with Gasteiger partial charge in [-0.05, 0) is 80.3 Å². The van der Waals surface area contributed by atoms with E-state index in [-0.39, 0.29) is 0 Å². The fourth-order valence-corrected chi connectivity index (χ4v) is 6.02. The lowest BCUT2D eigenvalue weighted by Gasteiger charge is -2.56. The Kier molecular flexibility index (Phi) is 3.06. The maximum atomic E-state index is 5.39. The van der Waals surface area contributed by atoms with Crippen molar-refractivity contribution in [2.45, 2.75) is 64.8 Å². The molecule has 5 rings (SSSR count). The van der Waals surface area contributed by atoms with Crippen LogP contribution >= 0.6 is 12.2 Å². The van der Waals surface area contributed by atoms with E-state index in [1.165, 1.54) is 44.3 Å². The first-order valence-electron chi connectivity index (χ1n) is 8.31. The molecule has 0 radical (unpaired) electrons. The minimum Gasteiger partial charge on any atom is -0.304 e. The number of aromatic nitrogens is 3. The van der Waals surface area contributed by atoms with Crippen LogP contribution in [0.3, 0.4) is 0 Å². The second kappa shape index (κ2) is 4.69. The average Bonchev–Trinajstić information content (AvgIpc) is 2.70. The van der Waals surface area contributed by atoms with Gasteiger partial charge in [-0.15, -0.1) is 0 Å². The van der Waals surface area contributed by atoms with Crippen LogP contribution < -0.4 is 0 Å². The van der Waals surface area contributed by atoms with Gasteiger partial charge in [0.15, 0.2) is 4.77 Å². The van der Waals surface area contributed by atoms with E-state index in [1.807, 2.05) is 0 Å². The van der Waals surface area contributed by atoms with Gasteiger partial charge >= 0.3 is 0 Å². The van der Waals surface area contributed by atoms with Crippen molar-refractivity contribution in [1.29, 1.82) is 0 Å². The molecule has 1 aromatic rings. The molecule has 0 aliphatic heterocycles. The van der Waals surface area contributed by atoms with Crippen LogP contribution in [0.1, 0.15) is 57.7 Å². The molecule has 0 unspecified atom stereocenters. The molecular formula is C16H25N3S. The Balaban J connectivity index is 1.61. The largest absolute Gasteiger partial charge is 0.304 e. The molecule has 0 saturated heterocycles. The Morgan fingerprint density at radius 1 is 1.20 bits per heavy atom. The second-order valence-corrected chi connectivity index (χ2v) is 8.08. The van der Waals surface area contributed by atoms with E-state index < -0.39 is 0 Å². The molecule has 0 atom stereocenters. The van der Waals surface area contributed by atoms with Crippen molar-refractivity contribution in [3.63, 3.8) is 0 Å². The molecule has 4 saturated carbocycles. The van der Waals surface area contributed by atoms with Crippen LogP contribution in [0.15, 0.2) is 0 Å². The molecule has 4 bridgehead atoms. The Hall–Kier alpha value is -0.640. The normalized spacial score (nSPS) is 38.5. The van der Waals surface area contributed by atoms with Crippen molar-refractivity contribution in [3.05, 3.63) is 10.6 Å². The van der Waals surface area contributed by atoms with Crippen molar-refractivity contribution in [2.75, 3.05) is 0 Å². The number of hydrogen-bond donors (Lipinski definition) is 1. The summed E-state index contributed by atoms with van der Waals surface area (Å²) in [6.07, 6.45) is 11.2. The fourth-order valence-electron chi connectivity index (χ4n) is 5.78. The van der Waals surface area contributed by atoms with Crippen LogP contribution in [0.5, 0.6) is 0 Å². The number of rotatable bonds is 4. The van der Waals surface area contributed by atoms with E-state index in [0.717, 1.165) is 41.9 Å². The number of H-pyrrole nitrogens is 1. The predicted molar refractivity (Wildman–Crippen MR) is 82.0 cm³/mol. The van der Waals surface area contributed by atoms with Crippen LogP contribution in [0, 0.1) is 27.9 Å². The smallest absolute Gasteiger partial charge is 0.195 e. The standard InChI is InChI=1S/C16H25N3S/c1-2-3-19-14(17-18-15(19)20)10-16-7-11-4-12(8-16)6-13(5-11)9-16/h11-13H,2-10H2,1H3,(H,18,20). The molecule has 0 aromatic carbocycles. The van der Waals surface area contributed by atoms with E-state index in [9.17, 15) is 0 Å². The summed E-state index contributed by atoms with van der Waals surface area (Å²) < 4.78 is 3.06. The summed E-state index contributed by atoms with van der Waals surface area (Å²) in [5.41, 5.74) is 0.557. The fraction of sp³-hybridized carbons (Fsp3) is 0.875. The Morgan fingerprint density at radius 3 is 2.35 bits per heavy atom. The van der Waals surface area contributed by atoms with Crippen molar-refractivity contribution >= 4 is 12.2 Å². The van der Waals surface area contributed by atoms with Gasteiger partial charge < -0.3 is 4.57 Å². The highest BCUT2D eigenvalue weighted by molar-refractivity contribution is 7.71. The Morgan fingerprint density at radius 2 is 1.80 bits per heavy atom. The molecule has 4 fully saturated rings. The van der Waals surface area contributed by atoms with Crippen LogP contribution in [0.2, 0.25) is 0 Å². The maximum absolute atomic E-state index is 5.39. The van der Waals surface area contributed by atoms with E-state index >= 15 is 0 Å². The van der Waals surface area contributed by atoms with Gasteiger partial charge in [0.2, 0.25) is 0 Å². The zero-order chi connectivity index (χ0) is 13.7. The van der Waals surface area contributed by atoms with Crippen LogP contribution in [-0.4, -0.2) is 14.8 Å². The molecule has 1 aromatic heterocycles. The summed E-state index contributed by atoms with van der Waals surface area (Å²) in [5.74, 6) is 4.27. The maximum Gasteiger partial charge on any atom is 0.195 e. The summed E-state index contributed by atoms with van der Waals surface area (Å²) in [6, 6.07) is 0. The summed E-state index contributed by atoms with van der Waals surface area (Å²) in [5, 5.41) is 7.58. The molecule has 4 heteroatoms. The lowest BCUT2D eigenvalue weighted by atomic mass is 9.49. The first kappa shape index (κ1) is 13.1. The SMILES string of the molecule is CCCn1c(CC23CC4CC(CC(C4)C2)C3)n[nH]c1=S. The molecule has 4 aliphatic carbocycles. The third-order valence-corrected chi connectivity index (χ3v) is 6.29. The molecule has 1 heterocycles. The first-order valence-corrected chi connectivity index (χ1v) is 8.72. The average molecular weight is 291 g/mol. The van der Waals surface area contributed by atoms with Crippen LogP contribution in [0.4, 0.5) is 0 Å². The van der Waals surface area contributed by atoms with Gasteiger partial charge in [-0.1, -0.05) is 6.92 Å². The molecule has 3 nitrogen and oxygen atoms in total. The van der Waals surface area contributed by atoms with E-state index in [0.29, 0.717) is 5.41 Å². The highest BCUT2D eigenvalue weighted by atomic mass is 32.1. The summed E-state index contributed by atoms with van der Waals surface area (Å²) >= 11 is 5.39. The van der Waals surface area contributed by atoms with E-state index in [4.69, 9.17) is 12.2 Å². The van der Waals surface area contributed by atoms with E-state index in [1.54, 1.807) is 0 Å². The second-order valence-electron chi connectivity index (χ2n) is 7.69. The number of aromatic amines is 1. The molecular weight excluding hydrogens is 266 g/mol. The monoisotopic (exact) mass is 291 g/mol. The highest BCUT2D eigenvalue weighted by Crippen LogP contribution is 2.60. The number of nitrogens with zero attached hydrogens (tertiary/aromatic N) is 2. The van der Waals surface area contributed by atoms with Crippen LogP contribution in [0.25, 0.3) is 0 Å². The van der Waals surface area contributed by atoms with Gasteiger partial charge in [-0.25, -0.2) is 0 Å². The summed E-state index contributed by atoms with van der Waals surface area (Å²) in [4.78, 5) is 0. The zero-order valence-corrected chi connectivity index (χ0v) is 13.2. The molecule has 20 heavy (non-hydrogen) atoms. The third kappa shape index (κ3) is 2.07. The van der Waals surface area contributed by atoms with Gasteiger partial charge in [-0.3, -0.25) is 5.10 Å². The van der Waals surface area contributed by atoms with Crippen molar-refractivity contribution in [3.8, 4) is 0 Å². The minimum atomic E-state index is 0.557. The predicted octanol–water partition coefficient (Wildman–Crippen LogP) is 4.11. The first-order chi connectivity index (χ1) is 9.67. The molecule has 0 amide bonds. The van der Waals surface area contributed by atoms with Crippen molar-refractivity contribution in [1.82, 2.24) is 14.8 Å². The zero-order valence-electron chi connectivity index (χ0n) is 12.4.